The Bertz CT molecular complexity index is 1520. The average molecular weight is 655 g/mol. The number of allylic oxidation sites excluding steroid dienone is 3. The summed E-state index contributed by atoms with van der Waals surface area (Å²) < 4.78 is 33.0. The standard InChI is InChI=1S/C42H55FN2O3/c1-5-31-26-40(48-29-46-21-15-12-10-8-6-7-9-11-14-20-42(2,3)4)37(43)27-33(31)32-18-19-38-34(25-32)35-23-30(28-44)24-36(41(35)45-38)39-17-13-16-22-47-39/h18-19,23-27,36,39H,5-17,20-22,29H2,1-4H3. The normalized spacial score (nSPS) is 18.8. The first-order valence-electron chi connectivity index (χ1n) is 18.5. The van der Waals surface area contributed by atoms with Crippen molar-refractivity contribution >= 4 is 17.0 Å². The van der Waals surface area contributed by atoms with Crippen LogP contribution in [-0.2, 0) is 15.9 Å². The quantitative estimate of drug-likeness (QED) is 0.126. The number of nitrogens with zero attached hydrogens (tertiary/aromatic N) is 2. The summed E-state index contributed by atoms with van der Waals surface area (Å²) in [6.07, 6.45) is 20.6. The van der Waals surface area contributed by atoms with Gasteiger partial charge in [-0.05, 0) is 91.0 Å². The van der Waals surface area contributed by atoms with Crippen molar-refractivity contribution in [3.05, 3.63) is 65.0 Å². The van der Waals surface area contributed by atoms with Crippen LogP contribution < -0.4 is 4.74 Å². The van der Waals surface area contributed by atoms with Crippen molar-refractivity contribution in [3.63, 3.8) is 0 Å². The van der Waals surface area contributed by atoms with Gasteiger partial charge in [0.2, 0.25) is 0 Å². The molecule has 2 heterocycles. The van der Waals surface area contributed by atoms with Gasteiger partial charge in [-0.3, -0.25) is 4.99 Å². The highest BCUT2D eigenvalue weighted by Crippen LogP contribution is 2.45. The molecule has 0 saturated carbocycles. The third kappa shape index (κ3) is 9.67. The zero-order chi connectivity index (χ0) is 33.9. The molecular weight excluding hydrogens is 599 g/mol. The topological polar surface area (TPSA) is 63.8 Å². The summed E-state index contributed by atoms with van der Waals surface area (Å²) in [5.41, 5.74) is 7.66. The maximum atomic E-state index is 15.4. The second-order valence-electron chi connectivity index (χ2n) is 14.9. The van der Waals surface area contributed by atoms with Crippen molar-refractivity contribution < 1.29 is 18.6 Å². The monoisotopic (exact) mass is 654 g/mol. The Morgan fingerprint density at radius 1 is 0.958 bits per heavy atom. The predicted octanol–water partition coefficient (Wildman–Crippen LogP) is 11.5. The van der Waals surface area contributed by atoms with Gasteiger partial charge < -0.3 is 14.2 Å². The first kappa shape index (κ1) is 36.0. The maximum Gasteiger partial charge on any atom is 0.189 e. The number of nitriles is 1. The number of benzene rings is 2. The number of rotatable bonds is 17. The number of aryl methyl sites for hydroxylation is 1. The van der Waals surface area contributed by atoms with E-state index in [1.54, 1.807) is 12.1 Å². The molecule has 2 unspecified atom stereocenters. The number of halogens is 1. The van der Waals surface area contributed by atoms with E-state index in [0.717, 1.165) is 84.4 Å². The maximum absolute atomic E-state index is 15.4. The highest BCUT2D eigenvalue weighted by molar-refractivity contribution is 6.32. The molecular formula is C42H55FN2O3. The lowest BCUT2D eigenvalue weighted by Crippen LogP contribution is -2.33. The SMILES string of the molecule is CCc1cc(OCOCCCCCCCCCCCC(C)(C)C)c(F)cc1-c1ccc2c(c1)C1=CC(C#N)=CC(C3CCCCO3)C1=N2. The Labute approximate surface area is 288 Å². The number of unbranched alkanes of at least 4 members (excludes halogenated alkanes) is 8. The molecule has 2 aromatic rings. The molecule has 0 radical (unpaired) electrons. The fourth-order valence-electron chi connectivity index (χ4n) is 7.16. The summed E-state index contributed by atoms with van der Waals surface area (Å²) in [6.45, 7) is 10.5. The molecule has 1 fully saturated rings. The van der Waals surface area contributed by atoms with Crippen molar-refractivity contribution in [2.45, 2.75) is 124 Å². The van der Waals surface area contributed by atoms with Gasteiger partial charge in [0, 0.05) is 29.2 Å². The zero-order valence-corrected chi connectivity index (χ0v) is 29.7. The molecule has 258 valence electrons. The van der Waals surface area contributed by atoms with E-state index < -0.39 is 5.82 Å². The lowest BCUT2D eigenvalue weighted by molar-refractivity contribution is 0.00527. The second kappa shape index (κ2) is 17.4. The van der Waals surface area contributed by atoms with E-state index in [-0.39, 0.29) is 24.6 Å². The first-order chi connectivity index (χ1) is 23.3. The van der Waals surface area contributed by atoms with Gasteiger partial charge in [-0.1, -0.05) is 91.2 Å². The van der Waals surface area contributed by atoms with E-state index in [0.29, 0.717) is 17.6 Å². The molecule has 0 aromatic heterocycles. The van der Waals surface area contributed by atoms with Crippen molar-refractivity contribution in [3.8, 4) is 22.9 Å². The van der Waals surface area contributed by atoms with Crippen LogP contribution in [0.15, 0.2) is 53.0 Å². The molecule has 3 aliphatic rings. The summed E-state index contributed by atoms with van der Waals surface area (Å²) in [7, 11) is 0. The summed E-state index contributed by atoms with van der Waals surface area (Å²) in [5.74, 6) is -0.219. The summed E-state index contributed by atoms with van der Waals surface area (Å²) in [5, 5.41) is 9.81. The van der Waals surface area contributed by atoms with Crippen molar-refractivity contribution in [2.75, 3.05) is 20.0 Å². The van der Waals surface area contributed by atoms with E-state index in [1.807, 2.05) is 24.3 Å². The summed E-state index contributed by atoms with van der Waals surface area (Å²) >= 11 is 0. The fraction of sp³-hybridized carbons (Fsp3) is 0.571. The van der Waals surface area contributed by atoms with Crippen LogP contribution in [0.2, 0.25) is 0 Å². The summed E-state index contributed by atoms with van der Waals surface area (Å²) in [4.78, 5) is 5.01. The molecule has 2 aliphatic heterocycles. The molecule has 1 aliphatic carbocycles. The molecule has 0 bridgehead atoms. The number of aliphatic imine (C=N–C) groups is 1. The van der Waals surface area contributed by atoms with E-state index in [4.69, 9.17) is 19.2 Å². The molecule has 1 saturated heterocycles. The smallest absolute Gasteiger partial charge is 0.189 e. The van der Waals surface area contributed by atoms with Gasteiger partial charge in [0.15, 0.2) is 18.4 Å². The molecule has 5 nitrogen and oxygen atoms in total. The van der Waals surface area contributed by atoms with Crippen LogP contribution >= 0.6 is 0 Å². The fourth-order valence-corrected chi connectivity index (χ4v) is 7.16. The minimum absolute atomic E-state index is 0.0313. The van der Waals surface area contributed by atoms with Gasteiger partial charge in [-0.15, -0.1) is 0 Å². The van der Waals surface area contributed by atoms with Crippen LogP contribution in [0.5, 0.6) is 5.75 Å². The van der Waals surface area contributed by atoms with Crippen LogP contribution in [0.3, 0.4) is 0 Å². The van der Waals surface area contributed by atoms with Crippen LogP contribution in [0, 0.1) is 28.5 Å². The van der Waals surface area contributed by atoms with Gasteiger partial charge in [0.1, 0.15) is 0 Å². The Kier molecular flexibility index (Phi) is 13.1. The second-order valence-corrected chi connectivity index (χ2v) is 14.9. The largest absolute Gasteiger partial charge is 0.464 e. The molecule has 5 rings (SSSR count). The predicted molar refractivity (Wildman–Crippen MR) is 194 cm³/mol. The lowest BCUT2D eigenvalue weighted by atomic mass is 9.81. The van der Waals surface area contributed by atoms with Gasteiger partial charge in [-0.25, -0.2) is 4.39 Å². The van der Waals surface area contributed by atoms with E-state index in [2.05, 4.69) is 39.8 Å². The number of ether oxygens (including phenoxy) is 3. The first-order valence-corrected chi connectivity index (χ1v) is 18.5. The van der Waals surface area contributed by atoms with Crippen molar-refractivity contribution in [1.29, 1.82) is 5.26 Å². The molecule has 0 N–H and O–H groups in total. The van der Waals surface area contributed by atoms with Crippen LogP contribution in [0.25, 0.3) is 16.7 Å². The zero-order valence-electron chi connectivity index (χ0n) is 29.7. The molecule has 48 heavy (non-hydrogen) atoms. The third-order valence-electron chi connectivity index (χ3n) is 9.89. The number of hydrogen-bond acceptors (Lipinski definition) is 5. The van der Waals surface area contributed by atoms with Gasteiger partial charge in [0.25, 0.3) is 0 Å². The number of fused-ring (bicyclic) bond motifs is 3. The van der Waals surface area contributed by atoms with Crippen molar-refractivity contribution in [1.82, 2.24) is 0 Å². The van der Waals surface area contributed by atoms with Gasteiger partial charge >= 0.3 is 0 Å². The molecule has 2 aromatic carbocycles. The molecule has 6 heteroatoms. The Balaban J connectivity index is 1.10. The highest BCUT2D eigenvalue weighted by atomic mass is 19.1. The van der Waals surface area contributed by atoms with E-state index in [1.165, 1.54) is 51.4 Å². The van der Waals surface area contributed by atoms with Crippen molar-refractivity contribution in [2.24, 2.45) is 16.3 Å². The lowest BCUT2D eigenvalue weighted by Gasteiger charge is -2.31. The minimum Gasteiger partial charge on any atom is -0.464 e. The van der Waals surface area contributed by atoms with Crippen LogP contribution in [-0.4, -0.2) is 31.8 Å². The van der Waals surface area contributed by atoms with E-state index in [9.17, 15) is 5.26 Å². The third-order valence-corrected chi connectivity index (χ3v) is 9.89. The average Bonchev–Trinajstić information content (AvgIpc) is 3.46. The minimum atomic E-state index is -0.400. The van der Waals surface area contributed by atoms with Crippen LogP contribution in [0.4, 0.5) is 10.1 Å². The Hall–Kier alpha value is -3.27. The number of hydrogen-bond donors (Lipinski definition) is 0. The highest BCUT2D eigenvalue weighted by Gasteiger charge is 2.36. The van der Waals surface area contributed by atoms with E-state index >= 15 is 4.39 Å². The van der Waals surface area contributed by atoms with Gasteiger partial charge in [-0.2, -0.15) is 5.26 Å². The molecule has 0 spiro atoms. The molecule has 2 atom stereocenters. The Morgan fingerprint density at radius 3 is 2.40 bits per heavy atom. The Morgan fingerprint density at radius 2 is 1.71 bits per heavy atom. The van der Waals surface area contributed by atoms with Crippen LogP contribution in [0.1, 0.15) is 122 Å². The summed E-state index contributed by atoms with van der Waals surface area (Å²) in [6, 6.07) is 11.8. The van der Waals surface area contributed by atoms with Gasteiger partial charge in [0.05, 0.1) is 30.2 Å². The molecule has 0 amide bonds.